The molecular weight excluding hydrogens is 320 g/mol. The number of halogens is 1. The number of hydrogen-bond acceptors (Lipinski definition) is 4. The molecule has 2 amide bonds. The highest BCUT2D eigenvalue weighted by Crippen LogP contribution is 2.25. The average Bonchev–Trinajstić information content (AvgIpc) is 2.54. The summed E-state index contributed by atoms with van der Waals surface area (Å²) in [5.41, 5.74) is 5.32. The maximum atomic E-state index is 12.0. The summed E-state index contributed by atoms with van der Waals surface area (Å²) in [6.07, 6.45) is 4.09. The van der Waals surface area contributed by atoms with Crippen LogP contribution in [0, 0.1) is 11.8 Å². The van der Waals surface area contributed by atoms with Crippen molar-refractivity contribution in [3.63, 3.8) is 0 Å². The topological polar surface area (TPSA) is 98.3 Å². The number of carbonyl (C=O) groups is 3. The molecule has 1 aliphatic carbocycles. The van der Waals surface area contributed by atoms with E-state index in [0.29, 0.717) is 11.4 Å². The van der Waals surface area contributed by atoms with Gasteiger partial charge in [-0.15, -0.1) is 0 Å². The fourth-order valence-corrected chi connectivity index (χ4v) is 2.55. The van der Waals surface area contributed by atoms with Gasteiger partial charge in [0.1, 0.15) is 0 Å². The summed E-state index contributed by atoms with van der Waals surface area (Å²) in [5.74, 6) is -3.83. The number of carboxylic acids is 1. The highest BCUT2D eigenvalue weighted by atomic mass is 35.5. The second-order valence-electron chi connectivity index (χ2n) is 5.32. The Morgan fingerprint density at radius 1 is 1.04 bits per heavy atom. The smallest absolute Gasteiger partial charge is 0.242 e. The summed E-state index contributed by atoms with van der Waals surface area (Å²) in [6.45, 7) is 0. The largest absolute Gasteiger partial charge is 0.550 e. The van der Waals surface area contributed by atoms with Crippen LogP contribution in [0.4, 0.5) is 0 Å². The van der Waals surface area contributed by atoms with E-state index in [4.69, 9.17) is 11.6 Å². The van der Waals surface area contributed by atoms with E-state index in [2.05, 4.69) is 10.9 Å². The van der Waals surface area contributed by atoms with Crippen molar-refractivity contribution in [3.8, 4) is 0 Å². The van der Waals surface area contributed by atoms with E-state index in [9.17, 15) is 19.5 Å². The van der Waals surface area contributed by atoms with Crippen LogP contribution in [-0.4, -0.2) is 17.8 Å². The number of benzene rings is 1. The summed E-state index contributed by atoms with van der Waals surface area (Å²) in [5, 5.41) is 11.6. The van der Waals surface area contributed by atoms with Crippen LogP contribution in [0.5, 0.6) is 0 Å². The van der Waals surface area contributed by atoms with Gasteiger partial charge in [-0.3, -0.25) is 20.4 Å². The van der Waals surface area contributed by atoms with E-state index in [1.165, 1.54) is 0 Å². The zero-order valence-electron chi connectivity index (χ0n) is 12.3. The normalized spacial score (nSPS) is 19.9. The minimum atomic E-state index is -1.26. The molecule has 23 heavy (non-hydrogen) atoms. The summed E-state index contributed by atoms with van der Waals surface area (Å²) < 4.78 is 0. The van der Waals surface area contributed by atoms with Crippen molar-refractivity contribution in [1.29, 1.82) is 0 Å². The first kappa shape index (κ1) is 17.0. The number of hydrazine groups is 1. The highest BCUT2D eigenvalue weighted by molar-refractivity contribution is 6.30. The fraction of sp³-hybridized carbons (Fsp3) is 0.312. The molecule has 0 radical (unpaired) electrons. The zero-order valence-corrected chi connectivity index (χ0v) is 13.0. The van der Waals surface area contributed by atoms with Crippen molar-refractivity contribution in [2.75, 3.05) is 0 Å². The van der Waals surface area contributed by atoms with Crippen LogP contribution in [0.2, 0.25) is 5.02 Å². The molecule has 2 rings (SSSR count). The lowest BCUT2D eigenvalue weighted by Crippen LogP contribution is -2.49. The van der Waals surface area contributed by atoms with Crippen LogP contribution in [0.3, 0.4) is 0 Å². The molecule has 0 heterocycles. The molecule has 1 aliphatic rings. The Labute approximate surface area is 138 Å². The van der Waals surface area contributed by atoms with Gasteiger partial charge in [0.05, 0.1) is 12.3 Å². The fourth-order valence-electron chi connectivity index (χ4n) is 2.42. The molecule has 2 unspecified atom stereocenters. The molecule has 7 heteroatoms. The SMILES string of the molecule is O=C(Cc1ccc(Cl)cc1)NNC(=O)C1CC=CCC1C(=O)[O-]. The Bertz CT molecular complexity index is 627. The Morgan fingerprint density at radius 2 is 1.65 bits per heavy atom. The van der Waals surface area contributed by atoms with Gasteiger partial charge in [-0.2, -0.15) is 0 Å². The van der Waals surface area contributed by atoms with E-state index < -0.39 is 29.6 Å². The Kier molecular flexibility index (Phi) is 5.76. The Hall–Kier alpha value is -2.34. The molecule has 2 atom stereocenters. The van der Waals surface area contributed by atoms with Gasteiger partial charge in [0.15, 0.2) is 0 Å². The van der Waals surface area contributed by atoms with Gasteiger partial charge in [0.25, 0.3) is 0 Å². The van der Waals surface area contributed by atoms with E-state index in [-0.39, 0.29) is 12.8 Å². The molecule has 0 bridgehead atoms. The number of rotatable bonds is 4. The summed E-state index contributed by atoms with van der Waals surface area (Å²) in [4.78, 5) is 34.9. The van der Waals surface area contributed by atoms with Gasteiger partial charge in [0, 0.05) is 16.9 Å². The molecule has 0 spiro atoms. The Morgan fingerprint density at radius 3 is 2.26 bits per heavy atom. The predicted molar refractivity (Wildman–Crippen MR) is 81.8 cm³/mol. The number of carbonyl (C=O) groups excluding carboxylic acids is 3. The van der Waals surface area contributed by atoms with Crippen molar-refractivity contribution in [2.24, 2.45) is 11.8 Å². The summed E-state index contributed by atoms with van der Waals surface area (Å²) >= 11 is 5.76. The molecule has 1 aromatic carbocycles. The number of amides is 2. The average molecular weight is 336 g/mol. The predicted octanol–water partition coefficient (Wildman–Crippen LogP) is 0.362. The summed E-state index contributed by atoms with van der Waals surface area (Å²) in [7, 11) is 0. The lowest BCUT2D eigenvalue weighted by molar-refractivity contribution is -0.313. The third-order valence-electron chi connectivity index (χ3n) is 3.67. The van der Waals surface area contributed by atoms with Crippen LogP contribution in [-0.2, 0) is 20.8 Å². The minimum absolute atomic E-state index is 0.0753. The van der Waals surface area contributed by atoms with Crippen molar-refractivity contribution < 1.29 is 19.5 Å². The molecule has 0 aliphatic heterocycles. The third-order valence-corrected chi connectivity index (χ3v) is 3.93. The molecule has 1 aromatic rings. The van der Waals surface area contributed by atoms with E-state index in [1.54, 1.807) is 36.4 Å². The number of carboxylic acid groups (broad SMARTS) is 1. The Balaban J connectivity index is 1.85. The quantitative estimate of drug-likeness (QED) is 0.613. The number of nitrogens with one attached hydrogen (secondary N) is 2. The van der Waals surface area contributed by atoms with Crippen LogP contribution < -0.4 is 16.0 Å². The standard InChI is InChI=1S/C16H17ClN2O4/c17-11-7-5-10(6-8-11)9-14(20)18-19-15(21)12-3-1-2-4-13(12)16(22)23/h1-2,5-8,12-13H,3-4,9H2,(H,18,20)(H,19,21)(H,22,23)/p-1. The zero-order chi connectivity index (χ0) is 16.8. The minimum Gasteiger partial charge on any atom is -0.550 e. The maximum absolute atomic E-state index is 12.0. The lowest BCUT2D eigenvalue weighted by atomic mass is 9.82. The monoisotopic (exact) mass is 335 g/mol. The van der Waals surface area contributed by atoms with Gasteiger partial charge in [-0.25, -0.2) is 0 Å². The number of aliphatic carboxylic acids is 1. The molecule has 0 aromatic heterocycles. The van der Waals surface area contributed by atoms with E-state index in [1.807, 2.05) is 0 Å². The molecule has 0 fully saturated rings. The molecule has 0 saturated carbocycles. The number of allylic oxidation sites excluding steroid dienone is 2. The van der Waals surface area contributed by atoms with E-state index in [0.717, 1.165) is 5.56 Å². The highest BCUT2D eigenvalue weighted by Gasteiger charge is 2.29. The second kappa shape index (κ2) is 7.78. The van der Waals surface area contributed by atoms with Gasteiger partial charge < -0.3 is 9.90 Å². The van der Waals surface area contributed by atoms with Crippen molar-refractivity contribution in [3.05, 3.63) is 47.0 Å². The van der Waals surface area contributed by atoms with Crippen molar-refractivity contribution in [2.45, 2.75) is 19.3 Å². The van der Waals surface area contributed by atoms with E-state index >= 15 is 0 Å². The first-order valence-electron chi connectivity index (χ1n) is 7.16. The van der Waals surface area contributed by atoms with Gasteiger partial charge >= 0.3 is 0 Å². The third kappa shape index (κ3) is 4.82. The van der Waals surface area contributed by atoms with Gasteiger partial charge in [-0.1, -0.05) is 35.9 Å². The molecular formula is C16H16ClN2O4-. The first-order valence-corrected chi connectivity index (χ1v) is 7.54. The molecule has 6 nitrogen and oxygen atoms in total. The second-order valence-corrected chi connectivity index (χ2v) is 5.75. The van der Waals surface area contributed by atoms with Crippen LogP contribution >= 0.6 is 11.6 Å². The molecule has 0 saturated heterocycles. The lowest BCUT2D eigenvalue weighted by Gasteiger charge is -2.28. The van der Waals surface area contributed by atoms with Crippen LogP contribution in [0.1, 0.15) is 18.4 Å². The maximum Gasteiger partial charge on any atom is 0.242 e. The van der Waals surface area contributed by atoms with Crippen molar-refractivity contribution in [1.82, 2.24) is 10.9 Å². The molecule has 122 valence electrons. The number of hydrogen-bond donors (Lipinski definition) is 2. The van der Waals surface area contributed by atoms with Gasteiger partial charge in [0.2, 0.25) is 11.8 Å². The van der Waals surface area contributed by atoms with Crippen molar-refractivity contribution >= 4 is 29.4 Å². The van der Waals surface area contributed by atoms with Crippen LogP contribution in [0.25, 0.3) is 0 Å². The van der Waals surface area contributed by atoms with Crippen LogP contribution in [0.15, 0.2) is 36.4 Å². The summed E-state index contributed by atoms with van der Waals surface area (Å²) in [6, 6.07) is 6.76. The van der Waals surface area contributed by atoms with Gasteiger partial charge in [-0.05, 0) is 30.5 Å². The first-order chi connectivity index (χ1) is 11.0. The molecule has 2 N–H and O–H groups in total.